The highest BCUT2D eigenvalue weighted by Gasteiger charge is 2.21. The van der Waals surface area contributed by atoms with Gasteiger partial charge < -0.3 is 11.1 Å². The van der Waals surface area contributed by atoms with Crippen molar-refractivity contribution in [3.63, 3.8) is 0 Å². The van der Waals surface area contributed by atoms with Crippen molar-refractivity contribution in [3.8, 4) is 0 Å². The topological polar surface area (TPSA) is 55.1 Å². The van der Waals surface area contributed by atoms with E-state index >= 15 is 0 Å². The standard InChI is InChI=1S/C14H26N2OS/c1-3-12(13(15)18)14(17)16-8-7-11-6-4-5-10(2)9-11/h10-12H,3-9H2,1-2H3,(H2,15,18)(H,16,17). The summed E-state index contributed by atoms with van der Waals surface area (Å²) in [6.45, 7) is 5.02. The molecule has 104 valence electrons. The smallest absolute Gasteiger partial charge is 0.229 e. The molecule has 1 aliphatic carbocycles. The van der Waals surface area contributed by atoms with Crippen molar-refractivity contribution < 1.29 is 4.79 Å². The Labute approximate surface area is 116 Å². The molecule has 18 heavy (non-hydrogen) atoms. The Kier molecular flexibility index (Phi) is 6.61. The average Bonchev–Trinajstić information content (AvgIpc) is 2.29. The SMILES string of the molecule is CCC(C(=O)NCCC1CCCC(C)C1)C(N)=S. The first-order valence-electron chi connectivity index (χ1n) is 7.11. The van der Waals surface area contributed by atoms with Crippen molar-refractivity contribution in [3.05, 3.63) is 0 Å². The molecule has 0 aromatic rings. The number of hydrogen-bond acceptors (Lipinski definition) is 2. The van der Waals surface area contributed by atoms with Gasteiger partial charge in [-0.15, -0.1) is 0 Å². The lowest BCUT2D eigenvalue weighted by atomic mass is 9.81. The van der Waals surface area contributed by atoms with E-state index in [1.165, 1.54) is 25.7 Å². The molecule has 0 heterocycles. The molecule has 4 heteroatoms. The van der Waals surface area contributed by atoms with Crippen LogP contribution in [0.2, 0.25) is 0 Å². The van der Waals surface area contributed by atoms with Crippen LogP contribution in [0.1, 0.15) is 52.4 Å². The quantitative estimate of drug-likeness (QED) is 0.730. The second-order valence-corrected chi connectivity index (χ2v) is 6.05. The zero-order chi connectivity index (χ0) is 13.5. The van der Waals surface area contributed by atoms with Gasteiger partial charge in [-0.2, -0.15) is 0 Å². The van der Waals surface area contributed by atoms with Crippen LogP contribution in [-0.2, 0) is 4.79 Å². The predicted molar refractivity (Wildman–Crippen MR) is 79.3 cm³/mol. The zero-order valence-electron chi connectivity index (χ0n) is 11.6. The normalized spacial score (nSPS) is 25.4. The fraction of sp³-hybridized carbons (Fsp3) is 0.857. The van der Waals surface area contributed by atoms with E-state index in [0.29, 0.717) is 11.4 Å². The Morgan fingerprint density at radius 1 is 1.50 bits per heavy atom. The molecule has 0 aromatic carbocycles. The molecule has 1 saturated carbocycles. The first-order valence-corrected chi connectivity index (χ1v) is 7.52. The van der Waals surface area contributed by atoms with Gasteiger partial charge >= 0.3 is 0 Å². The van der Waals surface area contributed by atoms with E-state index in [9.17, 15) is 4.79 Å². The number of carbonyl (C=O) groups is 1. The minimum Gasteiger partial charge on any atom is -0.393 e. The van der Waals surface area contributed by atoms with Crippen molar-refractivity contribution >= 4 is 23.1 Å². The molecule has 0 aliphatic heterocycles. The monoisotopic (exact) mass is 270 g/mol. The number of amides is 1. The first-order chi connectivity index (χ1) is 8.54. The molecule has 3 N–H and O–H groups in total. The van der Waals surface area contributed by atoms with Crippen LogP contribution >= 0.6 is 12.2 Å². The minimum absolute atomic E-state index is 0.00569. The van der Waals surface area contributed by atoms with Crippen LogP contribution in [0, 0.1) is 17.8 Å². The molecule has 0 radical (unpaired) electrons. The van der Waals surface area contributed by atoms with E-state index < -0.39 is 0 Å². The maximum absolute atomic E-state index is 11.8. The number of carbonyl (C=O) groups excluding carboxylic acids is 1. The van der Waals surface area contributed by atoms with Crippen molar-refractivity contribution in [2.75, 3.05) is 6.54 Å². The Morgan fingerprint density at radius 2 is 2.22 bits per heavy atom. The largest absolute Gasteiger partial charge is 0.393 e. The fourth-order valence-corrected chi connectivity index (χ4v) is 3.13. The summed E-state index contributed by atoms with van der Waals surface area (Å²) in [6.07, 6.45) is 7.09. The summed E-state index contributed by atoms with van der Waals surface area (Å²) in [5.41, 5.74) is 5.55. The summed E-state index contributed by atoms with van der Waals surface area (Å²) in [5, 5.41) is 2.97. The Hall–Kier alpha value is -0.640. The predicted octanol–water partition coefficient (Wildman–Crippen LogP) is 2.63. The average molecular weight is 270 g/mol. The minimum atomic E-state index is -0.301. The third-order valence-electron chi connectivity index (χ3n) is 3.96. The molecular formula is C14H26N2OS. The molecule has 1 fully saturated rings. The van der Waals surface area contributed by atoms with Gasteiger partial charge in [-0.1, -0.05) is 45.3 Å². The third-order valence-corrected chi connectivity index (χ3v) is 4.25. The number of hydrogen-bond donors (Lipinski definition) is 2. The molecule has 0 bridgehead atoms. The van der Waals surface area contributed by atoms with Crippen molar-refractivity contribution in [2.45, 2.75) is 52.4 Å². The van der Waals surface area contributed by atoms with Crippen molar-refractivity contribution in [2.24, 2.45) is 23.5 Å². The summed E-state index contributed by atoms with van der Waals surface area (Å²) in [4.78, 5) is 12.1. The summed E-state index contributed by atoms with van der Waals surface area (Å²) in [5.74, 6) is 1.32. The van der Waals surface area contributed by atoms with Gasteiger partial charge in [0.1, 0.15) is 0 Å². The van der Waals surface area contributed by atoms with Crippen LogP contribution in [0.4, 0.5) is 0 Å². The van der Waals surface area contributed by atoms with E-state index in [2.05, 4.69) is 12.2 Å². The van der Waals surface area contributed by atoms with Gasteiger partial charge in [0.15, 0.2) is 0 Å². The molecule has 0 saturated heterocycles. The lowest BCUT2D eigenvalue weighted by molar-refractivity contribution is -0.123. The highest BCUT2D eigenvalue weighted by Crippen LogP contribution is 2.30. The van der Waals surface area contributed by atoms with Gasteiger partial charge in [0.2, 0.25) is 5.91 Å². The Morgan fingerprint density at radius 3 is 2.78 bits per heavy atom. The first kappa shape index (κ1) is 15.4. The van der Waals surface area contributed by atoms with Crippen molar-refractivity contribution in [1.82, 2.24) is 5.32 Å². The Bertz CT molecular complexity index is 294. The second kappa shape index (κ2) is 7.72. The van der Waals surface area contributed by atoms with Gasteiger partial charge in [0.25, 0.3) is 0 Å². The molecule has 0 aromatic heterocycles. The molecule has 0 spiro atoms. The van der Waals surface area contributed by atoms with Gasteiger partial charge in [0, 0.05) is 6.54 Å². The summed E-state index contributed by atoms with van der Waals surface area (Å²) < 4.78 is 0. The molecule has 3 atom stereocenters. The Balaban J connectivity index is 2.24. The lowest BCUT2D eigenvalue weighted by Gasteiger charge is -2.26. The van der Waals surface area contributed by atoms with Crippen molar-refractivity contribution in [1.29, 1.82) is 0 Å². The highest BCUT2D eigenvalue weighted by atomic mass is 32.1. The molecule has 1 aliphatic rings. The van der Waals surface area contributed by atoms with Crippen LogP contribution in [0.15, 0.2) is 0 Å². The van der Waals surface area contributed by atoms with Crippen LogP contribution in [0.3, 0.4) is 0 Å². The summed E-state index contributed by atoms with van der Waals surface area (Å²) in [6, 6.07) is 0. The van der Waals surface area contributed by atoms with E-state index in [1.54, 1.807) is 0 Å². The highest BCUT2D eigenvalue weighted by molar-refractivity contribution is 7.80. The number of rotatable bonds is 6. The van der Waals surface area contributed by atoms with Gasteiger partial charge in [0.05, 0.1) is 10.9 Å². The maximum Gasteiger partial charge on any atom is 0.229 e. The van der Waals surface area contributed by atoms with E-state index in [-0.39, 0.29) is 11.8 Å². The van der Waals surface area contributed by atoms with E-state index in [4.69, 9.17) is 18.0 Å². The van der Waals surface area contributed by atoms with Crippen LogP contribution in [-0.4, -0.2) is 17.4 Å². The molecule has 3 nitrogen and oxygen atoms in total. The van der Waals surface area contributed by atoms with E-state index in [1.807, 2.05) is 6.92 Å². The molecule has 3 unspecified atom stereocenters. The number of nitrogens with two attached hydrogens (primary N) is 1. The number of thiocarbonyl (C=S) groups is 1. The zero-order valence-corrected chi connectivity index (χ0v) is 12.4. The van der Waals surface area contributed by atoms with Gasteiger partial charge in [-0.3, -0.25) is 4.79 Å². The second-order valence-electron chi connectivity index (χ2n) is 5.58. The molecule has 1 rings (SSSR count). The van der Waals surface area contributed by atoms with E-state index in [0.717, 1.165) is 24.8 Å². The van der Waals surface area contributed by atoms with Gasteiger partial charge in [-0.25, -0.2) is 0 Å². The summed E-state index contributed by atoms with van der Waals surface area (Å²) in [7, 11) is 0. The summed E-state index contributed by atoms with van der Waals surface area (Å²) >= 11 is 4.90. The third kappa shape index (κ3) is 4.92. The van der Waals surface area contributed by atoms with Crippen LogP contribution in [0.5, 0.6) is 0 Å². The van der Waals surface area contributed by atoms with Gasteiger partial charge in [-0.05, 0) is 31.1 Å². The lowest BCUT2D eigenvalue weighted by Crippen LogP contribution is -2.38. The number of nitrogens with one attached hydrogen (secondary N) is 1. The maximum atomic E-state index is 11.8. The molecular weight excluding hydrogens is 244 g/mol. The van der Waals surface area contributed by atoms with Crippen LogP contribution < -0.4 is 11.1 Å². The molecule has 1 amide bonds. The fourth-order valence-electron chi connectivity index (χ4n) is 2.86. The van der Waals surface area contributed by atoms with Crippen LogP contribution in [0.25, 0.3) is 0 Å².